The maximum absolute atomic E-state index is 12.3. The van der Waals surface area contributed by atoms with Gasteiger partial charge in [0.2, 0.25) is 5.91 Å². The van der Waals surface area contributed by atoms with E-state index >= 15 is 0 Å². The van der Waals surface area contributed by atoms with E-state index in [1.165, 1.54) is 32.0 Å². The summed E-state index contributed by atoms with van der Waals surface area (Å²) in [6.07, 6.45) is -1.00. The molecular weight excluding hydrogens is 336 g/mol. The van der Waals surface area contributed by atoms with Crippen molar-refractivity contribution in [3.05, 3.63) is 28.8 Å². The summed E-state index contributed by atoms with van der Waals surface area (Å²) in [4.78, 5) is 38.9. The van der Waals surface area contributed by atoms with Gasteiger partial charge >= 0.3 is 5.97 Å². The number of hydrogen-bond donors (Lipinski definition) is 1. The fourth-order valence-electron chi connectivity index (χ4n) is 2.45. The van der Waals surface area contributed by atoms with Crippen LogP contribution in [0.4, 0.5) is 0 Å². The molecule has 0 saturated carbocycles. The Kier molecular flexibility index (Phi) is 5.66. The van der Waals surface area contributed by atoms with Gasteiger partial charge in [0.25, 0.3) is 5.91 Å². The highest BCUT2D eigenvalue weighted by Gasteiger charge is 2.28. The van der Waals surface area contributed by atoms with Crippen molar-refractivity contribution in [3.63, 3.8) is 0 Å². The second-order valence-electron chi connectivity index (χ2n) is 5.54. The molecule has 1 heterocycles. The number of hydrogen-bond acceptors (Lipinski definition) is 5. The topological polar surface area (TPSA) is 87.2 Å². The summed E-state index contributed by atoms with van der Waals surface area (Å²) in [5.74, 6) is -1.46. The summed E-state index contributed by atoms with van der Waals surface area (Å²) in [6, 6.07) is 4.01. The van der Waals surface area contributed by atoms with Gasteiger partial charge in [-0.2, -0.15) is 0 Å². The monoisotopic (exact) mass is 354 g/mol. The summed E-state index contributed by atoms with van der Waals surface area (Å²) >= 11 is 5.79. The minimum Gasteiger partial charge on any atom is -0.507 e. The molecule has 7 nitrogen and oxygen atoms in total. The van der Waals surface area contributed by atoms with Crippen LogP contribution in [0.25, 0.3) is 0 Å². The minimum atomic E-state index is -1.00. The Labute approximate surface area is 144 Å². The number of phenols is 1. The molecule has 130 valence electrons. The summed E-state index contributed by atoms with van der Waals surface area (Å²) in [5.41, 5.74) is -0.0939. The summed E-state index contributed by atoms with van der Waals surface area (Å²) in [6.45, 7) is 4.65. The number of rotatable bonds is 3. The van der Waals surface area contributed by atoms with E-state index in [1.54, 1.807) is 9.80 Å². The van der Waals surface area contributed by atoms with E-state index < -0.39 is 12.1 Å². The lowest BCUT2D eigenvalue weighted by Gasteiger charge is -2.35. The first-order chi connectivity index (χ1) is 11.3. The average Bonchev–Trinajstić information content (AvgIpc) is 2.56. The first-order valence-corrected chi connectivity index (χ1v) is 7.91. The van der Waals surface area contributed by atoms with Gasteiger partial charge in [0.05, 0.1) is 0 Å². The average molecular weight is 355 g/mol. The van der Waals surface area contributed by atoms with Crippen LogP contribution in [0.1, 0.15) is 24.2 Å². The lowest BCUT2D eigenvalue weighted by atomic mass is 10.2. The minimum absolute atomic E-state index is 0.0296. The highest BCUT2D eigenvalue weighted by molar-refractivity contribution is 6.31. The Hall–Kier alpha value is -2.28. The molecule has 0 bridgehead atoms. The van der Waals surface area contributed by atoms with Crippen molar-refractivity contribution in [1.29, 1.82) is 0 Å². The Morgan fingerprint density at radius 1 is 1.17 bits per heavy atom. The number of benzene rings is 1. The van der Waals surface area contributed by atoms with Gasteiger partial charge in [0.15, 0.2) is 6.10 Å². The van der Waals surface area contributed by atoms with Gasteiger partial charge in [0.1, 0.15) is 11.3 Å². The van der Waals surface area contributed by atoms with Crippen molar-refractivity contribution in [2.24, 2.45) is 0 Å². The quantitative estimate of drug-likeness (QED) is 0.826. The van der Waals surface area contributed by atoms with Crippen LogP contribution in [0.2, 0.25) is 5.02 Å². The molecule has 0 spiro atoms. The fraction of sp³-hybridized carbons (Fsp3) is 0.438. The van der Waals surface area contributed by atoms with E-state index in [1.807, 2.05) is 0 Å². The SMILES string of the molecule is CC(=O)N1CCN(C(=O)C(C)OC(=O)c2cc(Cl)ccc2O)CC1. The molecule has 1 aromatic carbocycles. The Morgan fingerprint density at radius 3 is 2.33 bits per heavy atom. The lowest BCUT2D eigenvalue weighted by molar-refractivity contribution is -0.144. The molecule has 1 atom stereocenters. The molecule has 1 aliphatic heterocycles. The molecule has 2 amide bonds. The molecule has 1 aromatic rings. The van der Waals surface area contributed by atoms with Crippen LogP contribution in [-0.4, -0.2) is 65.0 Å². The molecule has 2 rings (SSSR count). The van der Waals surface area contributed by atoms with Crippen molar-refractivity contribution >= 4 is 29.4 Å². The highest BCUT2D eigenvalue weighted by atomic mass is 35.5. The van der Waals surface area contributed by atoms with Crippen LogP contribution in [0, 0.1) is 0 Å². The Morgan fingerprint density at radius 2 is 1.75 bits per heavy atom. The zero-order chi connectivity index (χ0) is 17.9. The van der Waals surface area contributed by atoms with E-state index in [4.69, 9.17) is 16.3 Å². The Bertz CT molecular complexity index is 656. The van der Waals surface area contributed by atoms with Gasteiger partial charge in [0, 0.05) is 38.1 Å². The van der Waals surface area contributed by atoms with Gasteiger partial charge in [-0.05, 0) is 25.1 Å². The first kappa shape index (κ1) is 18.1. The maximum atomic E-state index is 12.3. The van der Waals surface area contributed by atoms with E-state index in [0.29, 0.717) is 26.2 Å². The van der Waals surface area contributed by atoms with Crippen LogP contribution < -0.4 is 0 Å². The van der Waals surface area contributed by atoms with Crippen LogP contribution in [0.15, 0.2) is 18.2 Å². The molecule has 1 aliphatic rings. The Balaban J connectivity index is 1.95. The normalized spacial score (nSPS) is 15.8. The molecule has 0 radical (unpaired) electrons. The third-order valence-corrected chi connectivity index (χ3v) is 4.08. The zero-order valence-electron chi connectivity index (χ0n) is 13.5. The molecule has 0 aromatic heterocycles. The number of halogens is 1. The first-order valence-electron chi connectivity index (χ1n) is 7.53. The number of carbonyl (C=O) groups excluding carboxylic acids is 3. The maximum Gasteiger partial charge on any atom is 0.342 e. The van der Waals surface area contributed by atoms with Crippen LogP contribution >= 0.6 is 11.6 Å². The van der Waals surface area contributed by atoms with Crippen LogP contribution in [-0.2, 0) is 14.3 Å². The smallest absolute Gasteiger partial charge is 0.342 e. The summed E-state index contributed by atoms with van der Waals surface area (Å²) < 4.78 is 5.13. The molecular formula is C16H19ClN2O5. The number of esters is 1. The second kappa shape index (κ2) is 7.53. The second-order valence-corrected chi connectivity index (χ2v) is 5.98. The van der Waals surface area contributed by atoms with Crippen LogP contribution in [0.3, 0.4) is 0 Å². The number of nitrogens with zero attached hydrogens (tertiary/aromatic N) is 2. The molecule has 0 aliphatic carbocycles. The number of phenolic OH excluding ortho intramolecular Hbond substituents is 1. The predicted octanol–water partition coefficient (Wildman–Crippen LogP) is 1.28. The van der Waals surface area contributed by atoms with Crippen molar-refractivity contribution in [2.45, 2.75) is 20.0 Å². The summed E-state index contributed by atoms with van der Waals surface area (Å²) in [7, 11) is 0. The van der Waals surface area contributed by atoms with Gasteiger partial charge in [-0.15, -0.1) is 0 Å². The van der Waals surface area contributed by atoms with E-state index in [-0.39, 0.29) is 28.1 Å². The molecule has 1 fully saturated rings. The number of amides is 2. The van der Waals surface area contributed by atoms with Crippen molar-refractivity contribution in [1.82, 2.24) is 9.80 Å². The van der Waals surface area contributed by atoms with E-state index in [2.05, 4.69) is 0 Å². The summed E-state index contributed by atoms with van der Waals surface area (Å²) in [5, 5.41) is 9.97. The molecule has 1 N–H and O–H groups in total. The van der Waals surface area contributed by atoms with Gasteiger partial charge in [-0.25, -0.2) is 4.79 Å². The van der Waals surface area contributed by atoms with Crippen molar-refractivity contribution < 1.29 is 24.2 Å². The fourth-order valence-corrected chi connectivity index (χ4v) is 2.62. The van der Waals surface area contributed by atoms with E-state index in [0.717, 1.165) is 0 Å². The largest absolute Gasteiger partial charge is 0.507 e. The number of piperazine rings is 1. The standard InChI is InChI=1S/C16H19ClN2O5/c1-10(15(22)19-7-5-18(6-8-19)11(2)20)24-16(23)13-9-12(17)3-4-14(13)21/h3-4,9-10,21H,5-8H2,1-2H3. The molecule has 1 unspecified atom stereocenters. The highest BCUT2D eigenvalue weighted by Crippen LogP contribution is 2.22. The van der Waals surface area contributed by atoms with Crippen molar-refractivity contribution in [3.8, 4) is 5.75 Å². The van der Waals surface area contributed by atoms with Crippen molar-refractivity contribution in [2.75, 3.05) is 26.2 Å². The van der Waals surface area contributed by atoms with Crippen LogP contribution in [0.5, 0.6) is 5.75 Å². The number of ether oxygens (including phenoxy) is 1. The van der Waals surface area contributed by atoms with E-state index in [9.17, 15) is 19.5 Å². The lowest BCUT2D eigenvalue weighted by Crippen LogP contribution is -2.52. The van der Waals surface area contributed by atoms with Gasteiger partial charge in [-0.1, -0.05) is 11.6 Å². The molecule has 24 heavy (non-hydrogen) atoms. The third-order valence-electron chi connectivity index (χ3n) is 3.85. The predicted molar refractivity (Wildman–Crippen MR) is 86.8 cm³/mol. The van der Waals surface area contributed by atoms with Gasteiger partial charge < -0.3 is 19.6 Å². The number of carbonyl (C=O) groups is 3. The zero-order valence-corrected chi connectivity index (χ0v) is 14.2. The van der Waals surface area contributed by atoms with Gasteiger partial charge in [-0.3, -0.25) is 9.59 Å². The molecule has 8 heteroatoms. The number of aromatic hydroxyl groups is 1. The molecule has 1 saturated heterocycles. The third kappa shape index (κ3) is 4.17.